The van der Waals surface area contributed by atoms with Crippen molar-refractivity contribution in [2.24, 2.45) is 5.11 Å². The van der Waals surface area contributed by atoms with Crippen LogP contribution in [0.1, 0.15) is 6.92 Å². The molecule has 0 rings (SSSR count). The van der Waals surface area contributed by atoms with Gasteiger partial charge in [-0.25, -0.2) is 4.79 Å². The van der Waals surface area contributed by atoms with Crippen molar-refractivity contribution in [2.45, 2.75) is 12.5 Å². The Bertz CT molecular complexity index is 252. The maximum atomic E-state index is 11.4. The van der Waals surface area contributed by atoms with E-state index in [0.717, 1.165) is 0 Å². The molecule has 7 nitrogen and oxygen atoms in total. The lowest BCUT2D eigenvalue weighted by Crippen LogP contribution is -2.54. The highest BCUT2D eigenvalue weighted by Gasteiger charge is 2.33. The molecule has 0 aliphatic rings. The maximum absolute atomic E-state index is 11.4. The van der Waals surface area contributed by atoms with Crippen LogP contribution in [0, 0.1) is 0 Å². The lowest BCUT2D eigenvalue weighted by atomic mass is 10.0. The second-order valence-corrected chi connectivity index (χ2v) is 3.14. The molecule has 0 aromatic carbocycles. The Morgan fingerprint density at radius 1 is 1.60 bits per heavy atom. The minimum absolute atomic E-state index is 0.190. The van der Waals surface area contributed by atoms with E-state index in [9.17, 15) is 4.79 Å². The van der Waals surface area contributed by atoms with E-state index in [4.69, 9.17) is 10.3 Å². The summed E-state index contributed by atoms with van der Waals surface area (Å²) in [6, 6.07) is 0. The first kappa shape index (κ1) is 13.7. The van der Waals surface area contributed by atoms with E-state index in [-0.39, 0.29) is 13.2 Å². The van der Waals surface area contributed by atoms with Gasteiger partial charge in [0.1, 0.15) is 5.54 Å². The Kier molecular flexibility index (Phi) is 6.44. The normalized spacial score (nSPS) is 13.8. The van der Waals surface area contributed by atoms with Crippen LogP contribution in [0.3, 0.4) is 0 Å². The largest absolute Gasteiger partial charge is 0.468 e. The average molecular weight is 216 g/mol. The summed E-state index contributed by atoms with van der Waals surface area (Å²) in [5, 5.41) is 6.26. The summed E-state index contributed by atoms with van der Waals surface area (Å²) in [4.78, 5) is 14.0. The molecule has 1 N–H and O–H groups in total. The molecule has 0 aromatic rings. The summed E-state index contributed by atoms with van der Waals surface area (Å²) in [6.45, 7) is 2.51. The number of esters is 1. The number of nitrogens with zero attached hydrogens (tertiary/aromatic N) is 3. The van der Waals surface area contributed by atoms with Gasteiger partial charge in [0.2, 0.25) is 0 Å². The molecular formula is C8H16N4O3. The van der Waals surface area contributed by atoms with Crippen molar-refractivity contribution >= 4 is 5.97 Å². The molecule has 0 saturated heterocycles. The fraction of sp³-hybridized carbons (Fsp3) is 0.875. The van der Waals surface area contributed by atoms with Crippen LogP contribution < -0.4 is 5.32 Å². The van der Waals surface area contributed by atoms with Gasteiger partial charge in [-0.1, -0.05) is 5.11 Å². The molecular weight excluding hydrogens is 200 g/mol. The highest BCUT2D eigenvalue weighted by molar-refractivity contribution is 5.80. The Balaban J connectivity index is 4.24. The number of methoxy groups -OCH3 is 2. The molecule has 15 heavy (non-hydrogen) atoms. The van der Waals surface area contributed by atoms with Crippen molar-refractivity contribution in [1.29, 1.82) is 0 Å². The summed E-state index contributed by atoms with van der Waals surface area (Å²) in [5.74, 6) is -0.412. The van der Waals surface area contributed by atoms with Gasteiger partial charge in [0.05, 0.1) is 13.7 Å². The molecule has 0 fully saturated rings. The van der Waals surface area contributed by atoms with E-state index in [1.165, 1.54) is 14.2 Å². The first-order valence-electron chi connectivity index (χ1n) is 4.44. The Labute approximate surface area is 88.4 Å². The molecule has 7 heteroatoms. The fourth-order valence-electron chi connectivity index (χ4n) is 1.12. The minimum atomic E-state index is -0.908. The lowest BCUT2D eigenvalue weighted by Gasteiger charge is -2.26. The highest BCUT2D eigenvalue weighted by Crippen LogP contribution is 2.06. The molecule has 86 valence electrons. The highest BCUT2D eigenvalue weighted by atomic mass is 16.5. The standard InChI is InChI=1S/C8H16N4O3/c1-8(6-14-2,7(13)15-3)10-4-5-11-12-9/h10H,4-6H2,1-3H3. The molecule has 0 aliphatic carbocycles. The molecule has 0 aliphatic heterocycles. The van der Waals surface area contributed by atoms with Gasteiger partial charge < -0.3 is 14.8 Å². The van der Waals surface area contributed by atoms with Gasteiger partial charge in [-0.3, -0.25) is 0 Å². The topological polar surface area (TPSA) is 96.3 Å². The van der Waals surface area contributed by atoms with E-state index in [0.29, 0.717) is 6.54 Å². The number of hydrogen-bond acceptors (Lipinski definition) is 5. The molecule has 0 bridgehead atoms. The van der Waals surface area contributed by atoms with Gasteiger partial charge in [0.25, 0.3) is 0 Å². The Morgan fingerprint density at radius 3 is 2.73 bits per heavy atom. The summed E-state index contributed by atoms with van der Waals surface area (Å²) in [5.41, 5.74) is 7.16. The van der Waals surface area contributed by atoms with Crippen LogP contribution in [-0.4, -0.2) is 45.4 Å². The molecule has 0 saturated carbocycles. The third-order valence-corrected chi connectivity index (χ3v) is 1.86. The van der Waals surface area contributed by atoms with Gasteiger partial charge in [-0.05, 0) is 12.5 Å². The lowest BCUT2D eigenvalue weighted by molar-refractivity contribution is -0.150. The third-order valence-electron chi connectivity index (χ3n) is 1.86. The Hall–Kier alpha value is -1.30. The van der Waals surface area contributed by atoms with Crippen molar-refractivity contribution in [3.63, 3.8) is 0 Å². The van der Waals surface area contributed by atoms with Crippen molar-refractivity contribution in [3.8, 4) is 0 Å². The fourth-order valence-corrected chi connectivity index (χ4v) is 1.12. The molecule has 1 atom stereocenters. The van der Waals surface area contributed by atoms with Crippen LogP contribution in [0.25, 0.3) is 10.4 Å². The molecule has 0 radical (unpaired) electrons. The predicted octanol–water partition coefficient (Wildman–Crippen LogP) is 0.464. The van der Waals surface area contributed by atoms with Crippen LogP contribution in [-0.2, 0) is 14.3 Å². The van der Waals surface area contributed by atoms with E-state index in [1.807, 2.05) is 0 Å². The van der Waals surface area contributed by atoms with Crippen molar-refractivity contribution < 1.29 is 14.3 Å². The van der Waals surface area contributed by atoms with E-state index in [2.05, 4.69) is 20.1 Å². The number of azide groups is 1. The zero-order valence-electron chi connectivity index (χ0n) is 9.19. The maximum Gasteiger partial charge on any atom is 0.328 e. The first-order chi connectivity index (χ1) is 7.10. The van der Waals surface area contributed by atoms with Crippen molar-refractivity contribution in [3.05, 3.63) is 10.4 Å². The van der Waals surface area contributed by atoms with E-state index >= 15 is 0 Å². The first-order valence-corrected chi connectivity index (χ1v) is 4.44. The summed E-state index contributed by atoms with van der Waals surface area (Å²) >= 11 is 0. The van der Waals surface area contributed by atoms with Crippen LogP contribution in [0.2, 0.25) is 0 Å². The van der Waals surface area contributed by atoms with Crippen LogP contribution in [0.5, 0.6) is 0 Å². The van der Waals surface area contributed by atoms with E-state index in [1.54, 1.807) is 6.92 Å². The number of hydrogen-bond donors (Lipinski definition) is 1. The minimum Gasteiger partial charge on any atom is -0.468 e. The number of rotatable bonds is 7. The number of ether oxygens (including phenoxy) is 2. The summed E-state index contributed by atoms with van der Waals surface area (Å²) in [7, 11) is 2.81. The van der Waals surface area contributed by atoms with Crippen molar-refractivity contribution in [2.75, 3.05) is 33.9 Å². The van der Waals surface area contributed by atoms with Gasteiger partial charge >= 0.3 is 5.97 Å². The van der Waals surface area contributed by atoms with Gasteiger partial charge in [-0.2, -0.15) is 0 Å². The number of carbonyl (C=O) groups is 1. The second kappa shape index (κ2) is 7.05. The average Bonchev–Trinajstić information content (AvgIpc) is 2.23. The molecule has 0 heterocycles. The summed E-state index contributed by atoms with van der Waals surface area (Å²) in [6.07, 6.45) is 0. The molecule has 0 spiro atoms. The number of carbonyl (C=O) groups excluding carboxylic acids is 1. The van der Waals surface area contributed by atoms with E-state index < -0.39 is 11.5 Å². The van der Waals surface area contributed by atoms with Gasteiger partial charge in [0.15, 0.2) is 0 Å². The SMILES string of the molecule is COCC(C)(NCCN=[N+]=[N-])C(=O)OC. The molecule has 0 aromatic heterocycles. The van der Waals surface area contributed by atoms with Crippen molar-refractivity contribution in [1.82, 2.24) is 5.32 Å². The Morgan fingerprint density at radius 2 is 2.27 bits per heavy atom. The summed E-state index contributed by atoms with van der Waals surface area (Å²) < 4.78 is 9.56. The van der Waals surface area contributed by atoms with Crippen LogP contribution >= 0.6 is 0 Å². The third kappa shape index (κ3) is 4.64. The zero-order valence-corrected chi connectivity index (χ0v) is 9.19. The predicted molar refractivity (Wildman–Crippen MR) is 54.3 cm³/mol. The quantitative estimate of drug-likeness (QED) is 0.220. The molecule has 0 amide bonds. The smallest absolute Gasteiger partial charge is 0.328 e. The van der Waals surface area contributed by atoms with Gasteiger partial charge in [0, 0.05) is 25.1 Å². The van der Waals surface area contributed by atoms with Crippen LogP contribution in [0.15, 0.2) is 5.11 Å². The van der Waals surface area contributed by atoms with Gasteiger partial charge in [-0.15, -0.1) is 0 Å². The van der Waals surface area contributed by atoms with Crippen LogP contribution in [0.4, 0.5) is 0 Å². The monoisotopic (exact) mass is 216 g/mol. The zero-order chi connectivity index (χ0) is 11.7. The molecule has 1 unspecified atom stereocenters. The second-order valence-electron chi connectivity index (χ2n) is 3.14. The number of nitrogens with one attached hydrogen (secondary N) is 1.